The first kappa shape index (κ1) is 28.2. The number of halogens is 1. The molecule has 7 nitrogen and oxygen atoms in total. The van der Waals surface area contributed by atoms with Crippen LogP contribution in [0.3, 0.4) is 0 Å². The fourth-order valence-corrected chi connectivity index (χ4v) is 4.44. The highest BCUT2D eigenvalue weighted by atomic mass is 19.1. The summed E-state index contributed by atoms with van der Waals surface area (Å²) in [6.07, 6.45) is -0.268. The maximum absolute atomic E-state index is 13.8. The molecule has 0 aromatic heterocycles. The molecule has 0 heterocycles. The molecule has 4 aromatic rings. The summed E-state index contributed by atoms with van der Waals surface area (Å²) in [5.41, 5.74) is 3.01. The Morgan fingerprint density at radius 2 is 1.35 bits per heavy atom. The molecule has 0 saturated carbocycles. The van der Waals surface area contributed by atoms with Gasteiger partial charge < -0.3 is 20.4 Å². The fourth-order valence-electron chi connectivity index (χ4n) is 4.44. The van der Waals surface area contributed by atoms with Crippen molar-refractivity contribution in [1.82, 2.24) is 10.2 Å². The molecule has 1 atom stereocenters. The van der Waals surface area contributed by atoms with Gasteiger partial charge in [-0.3, -0.25) is 14.4 Å². The number of nitrogens with one attached hydrogen (secondary N) is 1. The van der Waals surface area contributed by atoms with E-state index in [9.17, 15) is 29.0 Å². The van der Waals surface area contributed by atoms with Gasteiger partial charge in [0.15, 0.2) is 0 Å². The molecule has 40 heavy (non-hydrogen) atoms. The van der Waals surface area contributed by atoms with Gasteiger partial charge >= 0.3 is 5.97 Å². The number of carboxylic acid groups (broad SMARTS) is 1. The zero-order valence-electron chi connectivity index (χ0n) is 21.7. The third kappa shape index (κ3) is 6.98. The second kappa shape index (κ2) is 13.3. The van der Waals surface area contributed by atoms with Crippen molar-refractivity contribution in [2.45, 2.75) is 19.0 Å². The third-order valence-electron chi connectivity index (χ3n) is 6.48. The van der Waals surface area contributed by atoms with Crippen LogP contribution in [0.15, 0.2) is 103 Å². The van der Waals surface area contributed by atoms with Crippen LogP contribution >= 0.6 is 0 Å². The van der Waals surface area contributed by atoms with E-state index < -0.39 is 29.6 Å². The van der Waals surface area contributed by atoms with Crippen LogP contribution in [-0.2, 0) is 11.3 Å². The molecule has 0 fully saturated rings. The maximum atomic E-state index is 13.8. The van der Waals surface area contributed by atoms with E-state index in [0.717, 1.165) is 5.56 Å². The molecule has 0 saturated heterocycles. The molecule has 0 bridgehead atoms. The van der Waals surface area contributed by atoms with Gasteiger partial charge in [-0.2, -0.15) is 0 Å². The Morgan fingerprint density at radius 3 is 1.98 bits per heavy atom. The van der Waals surface area contributed by atoms with E-state index >= 15 is 0 Å². The van der Waals surface area contributed by atoms with Crippen LogP contribution in [0.4, 0.5) is 4.39 Å². The number of nitrogens with zero attached hydrogens (tertiary/aromatic N) is 1. The van der Waals surface area contributed by atoms with Crippen molar-refractivity contribution < 1.29 is 29.0 Å². The number of rotatable bonds is 11. The molecule has 0 aliphatic rings. The molecule has 4 aromatic carbocycles. The highest BCUT2D eigenvalue weighted by Crippen LogP contribution is 2.29. The summed E-state index contributed by atoms with van der Waals surface area (Å²) in [5, 5.41) is 22.1. The van der Waals surface area contributed by atoms with E-state index in [-0.39, 0.29) is 31.7 Å². The Kier molecular flexibility index (Phi) is 9.38. The summed E-state index contributed by atoms with van der Waals surface area (Å²) in [4.78, 5) is 40.0. The number of amides is 2. The third-order valence-corrected chi connectivity index (χ3v) is 6.48. The average molecular weight is 541 g/mol. The van der Waals surface area contributed by atoms with Gasteiger partial charge in [-0.25, -0.2) is 4.39 Å². The van der Waals surface area contributed by atoms with Crippen molar-refractivity contribution in [3.05, 3.63) is 131 Å². The molecule has 0 aliphatic carbocycles. The molecular weight excluding hydrogens is 511 g/mol. The van der Waals surface area contributed by atoms with Gasteiger partial charge in [-0.1, -0.05) is 78.9 Å². The minimum atomic E-state index is -1.05. The van der Waals surface area contributed by atoms with Crippen molar-refractivity contribution >= 4 is 17.8 Å². The zero-order valence-corrected chi connectivity index (χ0v) is 21.7. The highest BCUT2D eigenvalue weighted by molar-refractivity contribution is 6.06. The normalized spacial score (nSPS) is 11.4. The van der Waals surface area contributed by atoms with E-state index in [2.05, 4.69) is 5.32 Å². The minimum absolute atomic E-state index is 0.0583. The SMILES string of the molecule is O=C(O)CCN(Cc1ccc(F)cc1)C(=O)c1ccccc1-c1ccccc1C(=O)N[C@H](CO)c1ccccc1. The van der Waals surface area contributed by atoms with Crippen LogP contribution in [0.1, 0.15) is 44.3 Å². The molecular formula is C32H29FN2O5. The van der Waals surface area contributed by atoms with Gasteiger partial charge in [-0.05, 0) is 46.5 Å². The quantitative estimate of drug-likeness (QED) is 0.246. The summed E-state index contributed by atoms with van der Waals surface area (Å²) in [6, 6.07) is 27.8. The van der Waals surface area contributed by atoms with Crippen molar-refractivity contribution in [3.8, 4) is 11.1 Å². The Morgan fingerprint density at radius 1 is 0.775 bits per heavy atom. The van der Waals surface area contributed by atoms with Crippen LogP contribution in [0, 0.1) is 5.82 Å². The molecule has 2 amide bonds. The monoisotopic (exact) mass is 540 g/mol. The largest absolute Gasteiger partial charge is 0.481 e. The average Bonchev–Trinajstić information content (AvgIpc) is 2.99. The van der Waals surface area contributed by atoms with Crippen LogP contribution in [0.5, 0.6) is 0 Å². The lowest BCUT2D eigenvalue weighted by Gasteiger charge is -2.24. The zero-order chi connectivity index (χ0) is 28.5. The number of aliphatic hydroxyl groups excluding tert-OH is 1. The Hall–Kier alpha value is -4.82. The van der Waals surface area contributed by atoms with E-state index in [1.165, 1.54) is 17.0 Å². The standard InChI is InChI=1S/C32H29FN2O5/c33-24-16-14-22(15-17-24)20-35(19-18-30(37)38)32(40)28-13-7-5-11-26(28)25-10-4-6-12-27(25)31(39)34-29(21-36)23-8-2-1-3-9-23/h1-17,29,36H,18-21H2,(H,34,39)(H,37,38)/t29-/m1/s1. The number of benzene rings is 4. The van der Waals surface area contributed by atoms with Gasteiger partial charge in [0, 0.05) is 24.2 Å². The molecule has 0 aliphatic heterocycles. The van der Waals surface area contributed by atoms with Crippen molar-refractivity contribution in [3.63, 3.8) is 0 Å². The second-order valence-corrected chi connectivity index (χ2v) is 9.21. The first-order valence-electron chi connectivity index (χ1n) is 12.8. The summed E-state index contributed by atoms with van der Waals surface area (Å²) in [5.74, 6) is -2.31. The van der Waals surface area contributed by atoms with Crippen LogP contribution < -0.4 is 5.32 Å². The number of aliphatic carboxylic acids is 1. The number of carbonyl (C=O) groups is 3. The minimum Gasteiger partial charge on any atom is -0.481 e. The van der Waals surface area contributed by atoms with E-state index in [0.29, 0.717) is 22.3 Å². The Balaban J connectivity index is 1.67. The maximum Gasteiger partial charge on any atom is 0.305 e. The lowest BCUT2D eigenvalue weighted by atomic mass is 9.94. The van der Waals surface area contributed by atoms with Crippen molar-refractivity contribution in [2.24, 2.45) is 0 Å². The molecule has 4 rings (SSSR count). The summed E-state index contributed by atoms with van der Waals surface area (Å²) >= 11 is 0. The topological polar surface area (TPSA) is 107 Å². The number of hydrogen-bond donors (Lipinski definition) is 3. The van der Waals surface area contributed by atoms with Gasteiger partial charge in [0.1, 0.15) is 5.82 Å². The Labute approximate surface area is 231 Å². The van der Waals surface area contributed by atoms with E-state index in [1.54, 1.807) is 60.7 Å². The van der Waals surface area contributed by atoms with Crippen LogP contribution in [0.2, 0.25) is 0 Å². The second-order valence-electron chi connectivity index (χ2n) is 9.21. The number of aliphatic hydroxyl groups is 1. The van der Waals surface area contributed by atoms with Crippen LogP contribution in [0.25, 0.3) is 11.1 Å². The van der Waals surface area contributed by atoms with Gasteiger partial charge in [0.2, 0.25) is 0 Å². The molecule has 8 heteroatoms. The summed E-state index contributed by atoms with van der Waals surface area (Å²) in [7, 11) is 0. The molecule has 204 valence electrons. The molecule has 0 unspecified atom stereocenters. The van der Waals surface area contributed by atoms with E-state index in [4.69, 9.17) is 0 Å². The number of carboxylic acids is 1. The molecule has 0 spiro atoms. The predicted octanol–water partition coefficient (Wildman–Crippen LogP) is 5.07. The van der Waals surface area contributed by atoms with Crippen LogP contribution in [-0.4, -0.2) is 46.0 Å². The first-order valence-corrected chi connectivity index (χ1v) is 12.8. The van der Waals surface area contributed by atoms with Gasteiger partial charge in [0.25, 0.3) is 11.8 Å². The number of carbonyl (C=O) groups excluding carboxylic acids is 2. The van der Waals surface area contributed by atoms with Gasteiger partial charge in [0.05, 0.1) is 19.1 Å². The van der Waals surface area contributed by atoms with E-state index in [1.807, 2.05) is 30.3 Å². The number of hydrogen-bond acceptors (Lipinski definition) is 4. The summed E-state index contributed by atoms with van der Waals surface area (Å²) in [6.45, 7) is -0.274. The van der Waals surface area contributed by atoms with Crippen molar-refractivity contribution in [2.75, 3.05) is 13.2 Å². The lowest BCUT2D eigenvalue weighted by molar-refractivity contribution is -0.137. The molecule has 3 N–H and O–H groups in total. The summed E-state index contributed by atoms with van der Waals surface area (Å²) < 4.78 is 13.4. The first-order chi connectivity index (χ1) is 19.4. The predicted molar refractivity (Wildman–Crippen MR) is 149 cm³/mol. The lowest BCUT2D eigenvalue weighted by Crippen LogP contribution is -2.33. The molecule has 0 radical (unpaired) electrons. The fraction of sp³-hybridized carbons (Fsp3) is 0.156. The Bertz CT molecular complexity index is 1470. The smallest absolute Gasteiger partial charge is 0.305 e. The van der Waals surface area contributed by atoms with Gasteiger partial charge in [-0.15, -0.1) is 0 Å². The highest BCUT2D eigenvalue weighted by Gasteiger charge is 2.24. The van der Waals surface area contributed by atoms with Crippen molar-refractivity contribution in [1.29, 1.82) is 0 Å².